The first-order valence-electron chi connectivity index (χ1n) is 10.0. The number of amides is 1. The third-order valence-electron chi connectivity index (χ3n) is 5.82. The molecule has 2 fully saturated rings. The van der Waals surface area contributed by atoms with Crippen LogP contribution in [-0.4, -0.2) is 43.2 Å². The van der Waals surface area contributed by atoms with Gasteiger partial charge in [-0.25, -0.2) is 0 Å². The number of piperidine rings is 1. The summed E-state index contributed by atoms with van der Waals surface area (Å²) in [6, 6.07) is 5.71. The van der Waals surface area contributed by atoms with E-state index < -0.39 is 11.7 Å². The van der Waals surface area contributed by atoms with Gasteiger partial charge in [0.1, 0.15) is 0 Å². The average Bonchev–Trinajstić information content (AvgIpc) is 2.73. The molecule has 2 aromatic rings. The number of nitrogens with one attached hydrogen (secondary N) is 1. The molecule has 0 aliphatic carbocycles. The Morgan fingerprint density at radius 2 is 1.83 bits per heavy atom. The summed E-state index contributed by atoms with van der Waals surface area (Å²) in [5.41, 5.74) is 0.502. The van der Waals surface area contributed by atoms with E-state index in [2.05, 4.69) is 15.2 Å². The second kappa shape index (κ2) is 8.18. The Hall–Kier alpha value is -2.35. The molecule has 0 saturated carbocycles. The number of hydrogen-bond acceptors (Lipinski definition) is 4. The van der Waals surface area contributed by atoms with Crippen molar-refractivity contribution < 1.29 is 22.7 Å². The van der Waals surface area contributed by atoms with Crippen LogP contribution < -0.4 is 10.2 Å². The number of carbonyl (C=O) groups excluding carboxylic acids is 1. The molecule has 0 unspecified atom stereocenters. The molecule has 4 rings (SSSR count). The standard InChI is InChI=1S/C21H24F3N3O2/c22-21(23,24)15-1-2-17-18(13-15)25-8-3-19(17)27-9-4-14(5-10-27)20(28)26-16-6-11-29-12-7-16/h1-3,8,13-14,16H,4-7,9-12H2,(H,26,28). The minimum absolute atomic E-state index is 0.0287. The SMILES string of the molecule is O=C(NC1CCOCC1)C1CCN(c2ccnc3cc(C(F)(F)F)ccc23)CC1. The Balaban J connectivity index is 1.43. The first-order chi connectivity index (χ1) is 13.9. The summed E-state index contributed by atoms with van der Waals surface area (Å²) < 4.78 is 44.2. The van der Waals surface area contributed by atoms with Crippen LogP contribution in [0.15, 0.2) is 30.5 Å². The number of aromatic nitrogens is 1. The molecule has 0 radical (unpaired) electrons. The summed E-state index contributed by atoms with van der Waals surface area (Å²) in [4.78, 5) is 18.8. The molecule has 1 aromatic carbocycles. The van der Waals surface area contributed by atoms with E-state index in [4.69, 9.17) is 4.74 Å². The number of anilines is 1. The van der Waals surface area contributed by atoms with Crippen LogP contribution in [-0.2, 0) is 15.7 Å². The highest BCUT2D eigenvalue weighted by Crippen LogP contribution is 2.34. The number of hydrogen-bond donors (Lipinski definition) is 1. The van der Waals surface area contributed by atoms with Gasteiger partial charge in [0, 0.05) is 55.5 Å². The van der Waals surface area contributed by atoms with Gasteiger partial charge in [-0.15, -0.1) is 0 Å². The van der Waals surface area contributed by atoms with Crippen LogP contribution in [0.5, 0.6) is 0 Å². The predicted octanol–water partition coefficient (Wildman–Crippen LogP) is 3.77. The molecule has 0 bridgehead atoms. The van der Waals surface area contributed by atoms with Gasteiger partial charge in [-0.1, -0.05) is 6.07 Å². The number of nitrogens with zero attached hydrogens (tertiary/aromatic N) is 2. The lowest BCUT2D eigenvalue weighted by Crippen LogP contribution is -2.45. The summed E-state index contributed by atoms with van der Waals surface area (Å²) in [5.74, 6) is 0.0741. The summed E-state index contributed by atoms with van der Waals surface area (Å²) in [6.45, 7) is 2.75. The second-order valence-corrected chi connectivity index (χ2v) is 7.72. The van der Waals surface area contributed by atoms with Gasteiger partial charge in [-0.05, 0) is 43.9 Å². The largest absolute Gasteiger partial charge is 0.416 e. The van der Waals surface area contributed by atoms with Crippen molar-refractivity contribution in [3.05, 3.63) is 36.0 Å². The van der Waals surface area contributed by atoms with E-state index in [0.29, 0.717) is 37.2 Å². The van der Waals surface area contributed by atoms with Crippen LogP contribution in [0.25, 0.3) is 10.9 Å². The number of rotatable bonds is 3. The van der Waals surface area contributed by atoms with Crippen LogP contribution in [0.2, 0.25) is 0 Å². The highest BCUT2D eigenvalue weighted by Gasteiger charge is 2.31. The number of benzene rings is 1. The topological polar surface area (TPSA) is 54.5 Å². The van der Waals surface area contributed by atoms with Gasteiger partial charge in [0.15, 0.2) is 0 Å². The maximum atomic E-state index is 13.0. The van der Waals surface area contributed by atoms with Gasteiger partial charge >= 0.3 is 6.18 Å². The van der Waals surface area contributed by atoms with E-state index in [1.165, 1.54) is 6.07 Å². The minimum atomic E-state index is -4.39. The first kappa shape index (κ1) is 19.9. The van der Waals surface area contributed by atoms with Crippen LogP contribution >= 0.6 is 0 Å². The van der Waals surface area contributed by atoms with Crippen LogP contribution in [0.4, 0.5) is 18.9 Å². The second-order valence-electron chi connectivity index (χ2n) is 7.72. The Kier molecular flexibility index (Phi) is 5.63. The van der Waals surface area contributed by atoms with Crippen molar-refractivity contribution in [1.82, 2.24) is 10.3 Å². The molecule has 1 N–H and O–H groups in total. The van der Waals surface area contributed by atoms with Gasteiger partial charge in [-0.3, -0.25) is 9.78 Å². The lowest BCUT2D eigenvalue weighted by atomic mass is 9.94. The summed E-state index contributed by atoms with van der Waals surface area (Å²) in [6.07, 6.45) is 0.309. The molecule has 156 valence electrons. The molecule has 8 heteroatoms. The molecule has 3 heterocycles. The zero-order valence-electron chi connectivity index (χ0n) is 16.0. The number of ether oxygens (including phenoxy) is 1. The molecular weight excluding hydrogens is 383 g/mol. The number of carbonyl (C=O) groups is 1. The van der Waals surface area contributed by atoms with Gasteiger partial charge in [-0.2, -0.15) is 13.2 Å². The summed E-state index contributed by atoms with van der Waals surface area (Å²) >= 11 is 0. The van der Waals surface area contributed by atoms with Crippen LogP contribution in [0.1, 0.15) is 31.2 Å². The maximum Gasteiger partial charge on any atom is 0.416 e. The normalized spacial score (nSPS) is 19.5. The van der Waals surface area contributed by atoms with Crippen LogP contribution in [0, 0.1) is 5.92 Å². The number of pyridine rings is 1. The lowest BCUT2D eigenvalue weighted by molar-refractivity contribution is -0.137. The monoisotopic (exact) mass is 407 g/mol. The number of fused-ring (bicyclic) bond motifs is 1. The molecule has 2 aliphatic heterocycles. The van der Waals surface area contributed by atoms with E-state index in [-0.39, 0.29) is 17.9 Å². The van der Waals surface area contributed by atoms with Crippen LogP contribution in [0.3, 0.4) is 0 Å². The minimum Gasteiger partial charge on any atom is -0.381 e. The van der Waals surface area contributed by atoms with Crippen molar-refractivity contribution in [2.24, 2.45) is 5.92 Å². The van der Waals surface area contributed by atoms with Crippen molar-refractivity contribution in [2.45, 2.75) is 37.9 Å². The summed E-state index contributed by atoms with van der Waals surface area (Å²) in [5, 5.41) is 3.84. The van der Waals surface area contributed by atoms with Crippen molar-refractivity contribution in [1.29, 1.82) is 0 Å². The van der Waals surface area contributed by atoms with Gasteiger partial charge < -0.3 is 15.0 Å². The fourth-order valence-electron chi connectivity index (χ4n) is 4.13. The van der Waals surface area contributed by atoms with Crippen molar-refractivity contribution in [3.8, 4) is 0 Å². The molecule has 0 spiro atoms. The predicted molar refractivity (Wildman–Crippen MR) is 104 cm³/mol. The van der Waals surface area contributed by atoms with Crippen molar-refractivity contribution in [2.75, 3.05) is 31.2 Å². The molecule has 0 atom stereocenters. The molecule has 1 amide bonds. The molecule has 1 aromatic heterocycles. The van der Waals surface area contributed by atoms with E-state index >= 15 is 0 Å². The lowest BCUT2D eigenvalue weighted by Gasteiger charge is -2.34. The molecule has 2 aliphatic rings. The fraction of sp³-hybridized carbons (Fsp3) is 0.524. The Morgan fingerprint density at radius 3 is 2.52 bits per heavy atom. The van der Waals surface area contributed by atoms with Gasteiger partial charge in [0.05, 0.1) is 11.1 Å². The molecule has 29 heavy (non-hydrogen) atoms. The Morgan fingerprint density at radius 1 is 1.10 bits per heavy atom. The third-order valence-corrected chi connectivity index (χ3v) is 5.82. The van der Waals surface area contributed by atoms with E-state index in [1.54, 1.807) is 6.20 Å². The highest BCUT2D eigenvalue weighted by atomic mass is 19.4. The zero-order chi connectivity index (χ0) is 20.4. The van der Waals surface area contributed by atoms with E-state index in [0.717, 1.165) is 43.5 Å². The van der Waals surface area contributed by atoms with Gasteiger partial charge in [0.2, 0.25) is 5.91 Å². The fourth-order valence-corrected chi connectivity index (χ4v) is 4.13. The average molecular weight is 407 g/mol. The van der Waals surface area contributed by atoms with E-state index in [1.807, 2.05) is 6.07 Å². The quantitative estimate of drug-likeness (QED) is 0.842. The molecular formula is C21H24F3N3O2. The van der Waals surface area contributed by atoms with Crippen molar-refractivity contribution >= 4 is 22.5 Å². The maximum absolute atomic E-state index is 13.0. The first-order valence-corrected chi connectivity index (χ1v) is 10.0. The number of alkyl halides is 3. The Labute approximate surface area is 167 Å². The molecule has 5 nitrogen and oxygen atoms in total. The third kappa shape index (κ3) is 4.47. The highest BCUT2D eigenvalue weighted by molar-refractivity contribution is 5.92. The molecule has 2 saturated heterocycles. The van der Waals surface area contributed by atoms with E-state index in [9.17, 15) is 18.0 Å². The number of halogens is 3. The van der Waals surface area contributed by atoms with Crippen molar-refractivity contribution in [3.63, 3.8) is 0 Å². The smallest absolute Gasteiger partial charge is 0.381 e. The zero-order valence-corrected chi connectivity index (χ0v) is 16.0. The van der Waals surface area contributed by atoms with Gasteiger partial charge in [0.25, 0.3) is 0 Å². The Bertz CT molecular complexity index is 873. The summed E-state index contributed by atoms with van der Waals surface area (Å²) in [7, 11) is 0.